The Labute approximate surface area is 123 Å². The Morgan fingerprint density at radius 3 is 2.38 bits per heavy atom. The lowest BCUT2D eigenvalue weighted by molar-refractivity contribution is -0.129. The van der Waals surface area contributed by atoms with E-state index in [1.807, 2.05) is 0 Å². The molecule has 0 aromatic heterocycles. The van der Waals surface area contributed by atoms with Gasteiger partial charge >= 0.3 is 0 Å². The van der Waals surface area contributed by atoms with Gasteiger partial charge in [-0.2, -0.15) is 0 Å². The number of carbonyl (C=O) groups is 1. The molecule has 1 aromatic carbocycles. The first-order valence-corrected chi connectivity index (χ1v) is 7.45. The lowest BCUT2D eigenvalue weighted by Crippen LogP contribution is -2.57. The van der Waals surface area contributed by atoms with Crippen LogP contribution >= 0.6 is 0 Å². The number of hydrogen-bond donors (Lipinski definition) is 2. The summed E-state index contributed by atoms with van der Waals surface area (Å²) in [5.41, 5.74) is 6.41. The molecule has 1 amide bonds. The summed E-state index contributed by atoms with van der Waals surface area (Å²) >= 11 is 0. The average Bonchev–Trinajstić information content (AvgIpc) is 3.27. The fraction of sp³-hybridized carbons (Fsp3) is 0.562. The molecule has 0 radical (unpaired) electrons. The van der Waals surface area contributed by atoms with Crippen LogP contribution in [0.1, 0.15) is 31.2 Å². The number of nitrogens with two attached hydrogens (primary N) is 1. The topological polar surface area (TPSA) is 64.4 Å². The third-order valence-electron chi connectivity index (χ3n) is 4.73. The summed E-state index contributed by atoms with van der Waals surface area (Å²) in [4.78, 5) is 12.3. The minimum atomic E-state index is -0.808. The molecule has 21 heavy (non-hydrogen) atoms. The number of amides is 1. The number of benzene rings is 1. The molecule has 1 aromatic rings. The second kappa shape index (κ2) is 5.39. The summed E-state index contributed by atoms with van der Waals surface area (Å²) in [5.74, 6) is -0.333. The van der Waals surface area contributed by atoms with Crippen LogP contribution in [0.15, 0.2) is 24.3 Å². The van der Waals surface area contributed by atoms with Crippen LogP contribution < -0.4 is 11.1 Å². The quantitative estimate of drug-likeness (QED) is 0.883. The van der Waals surface area contributed by atoms with Gasteiger partial charge in [0.25, 0.3) is 0 Å². The molecule has 3 rings (SSSR count). The maximum atomic E-state index is 13.0. The largest absolute Gasteiger partial charge is 0.381 e. The zero-order chi connectivity index (χ0) is 14.9. The van der Waals surface area contributed by atoms with Crippen molar-refractivity contribution in [3.63, 3.8) is 0 Å². The van der Waals surface area contributed by atoms with Gasteiger partial charge in [0.05, 0.1) is 5.54 Å². The average molecular weight is 292 g/mol. The van der Waals surface area contributed by atoms with E-state index in [4.69, 9.17) is 10.5 Å². The summed E-state index contributed by atoms with van der Waals surface area (Å²) in [6, 6.07) is 6.56. The van der Waals surface area contributed by atoms with Crippen molar-refractivity contribution < 1.29 is 13.9 Å². The van der Waals surface area contributed by atoms with Crippen molar-refractivity contribution in [2.24, 2.45) is 5.73 Å². The van der Waals surface area contributed by atoms with E-state index in [1.54, 1.807) is 12.1 Å². The Morgan fingerprint density at radius 2 is 1.81 bits per heavy atom. The molecular formula is C16H21FN2O2. The number of ether oxygens (including phenoxy) is 1. The normalized spacial score (nSPS) is 22.6. The van der Waals surface area contributed by atoms with Crippen LogP contribution in [0.25, 0.3) is 0 Å². The van der Waals surface area contributed by atoms with E-state index in [2.05, 4.69) is 5.32 Å². The highest BCUT2D eigenvalue weighted by Gasteiger charge is 2.45. The molecule has 0 atom stereocenters. The standard InChI is InChI=1S/C16H21FN2O2/c17-13-3-1-12(2-4-13)15(5-6-15)11-19-14(20)16(18)7-9-21-10-8-16/h1-4H,5-11,18H2,(H,19,20). The zero-order valence-electron chi connectivity index (χ0n) is 12.0. The molecule has 114 valence electrons. The predicted octanol–water partition coefficient (Wildman–Crippen LogP) is 1.48. The fourth-order valence-corrected chi connectivity index (χ4v) is 2.91. The van der Waals surface area contributed by atoms with Gasteiger partial charge in [-0.1, -0.05) is 12.1 Å². The van der Waals surface area contributed by atoms with E-state index in [0.29, 0.717) is 32.6 Å². The van der Waals surface area contributed by atoms with Gasteiger partial charge in [0.2, 0.25) is 5.91 Å². The summed E-state index contributed by atoms with van der Waals surface area (Å²) in [7, 11) is 0. The zero-order valence-corrected chi connectivity index (χ0v) is 12.0. The second-order valence-electron chi connectivity index (χ2n) is 6.24. The highest BCUT2D eigenvalue weighted by Crippen LogP contribution is 2.47. The van der Waals surface area contributed by atoms with E-state index in [1.165, 1.54) is 12.1 Å². The van der Waals surface area contributed by atoms with Crippen molar-refractivity contribution >= 4 is 5.91 Å². The smallest absolute Gasteiger partial charge is 0.240 e. The summed E-state index contributed by atoms with van der Waals surface area (Å²) in [6.45, 7) is 1.64. The van der Waals surface area contributed by atoms with E-state index < -0.39 is 5.54 Å². The minimum absolute atomic E-state index is 0.0368. The second-order valence-corrected chi connectivity index (χ2v) is 6.24. The maximum Gasteiger partial charge on any atom is 0.240 e. The van der Waals surface area contributed by atoms with Crippen LogP contribution in [0.3, 0.4) is 0 Å². The summed E-state index contributed by atoms with van der Waals surface area (Å²) < 4.78 is 18.3. The van der Waals surface area contributed by atoms with Crippen LogP contribution in [0.2, 0.25) is 0 Å². The molecule has 5 heteroatoms. The van der Waals surface area contributed by atoms with Crippen molar-refractivity contribution in [3.05, 3.63) is 35.6 Å². The molecule has 1 saturated heterocycles. The lowest BCUT2D eigenvalue weighted by Gasteiger charge is -2.32. The Balaban J connectivity index is 1.62. The molecule has 0 unspecified atom stereocenters. The number of hydrogen-bond acceptors (Lipinski definition) is 3. The highest BCUT2D eigenvalue weighted by atomic mass is 19.1. The monoisotopic (exact) mass is 292 g/mol. The highest BCUT2D eigenvalue weighted by molar-refractivity contribution is 5.86. The number of carbonyl (C=O) groups excluding carboxylic acids is 1. The van der Waals surface area contributed by atoms with E-state index in [-0.39, 0.29) is 17.1 Å². The summed E-state index contributed by atoms with van der Waals surface area (Å²) in [6.07, 6.45) is 3.14. The Bertz CT molecular complexity index is 520. The molecule has 3 N–H and O–H groups in total. The van der Waals surface area contributed by atoms with Crippen LogP contribution in [0, 0.1) is 5.82 Å². The molecule has 0 spiro atoms. The first-order chi connectivity index (χ1) is 10.0. The maximum absolute atomic E-state index is 13.0. The number of rotatable bonds is 4. The minimum Gasteiger partial charge on any atom is -0.381 e. The van der Waals surface area contributed by atoms with Crippen molar-refractivity contribution in [1.29, 1.82) is 0 Å². The van der Waals surface area contributed by atoms with Gasteiger partial charge in [0.15, 0.2) is 0 Å². The van der Waals surface area contributed by atoms with Gasteiger partial charge in [-0.25, -0.2) is 4.39 Å². The molecule has 1 aliphatic carbocycles. The molecule has 1 aliphatic heterocycles. The van der Waals surface area contributed by atoms with Crippen molar-refractivity contribution in [2.45, 2.75) is 36.6 Å². The van der Waals surface area contributed by atoms with Gasteiger partial charge in [-0.3, -0.25) is 4.79 Å². The summed E-state index contributed by atoms with van der Waals surface area (Å²) in [5, 5.41) is 3.00. The van der Waals surface area contributed by atoms with Crippen molar-refractivity contribution in [2.75, 3.05) is 19.8 Å². The number of halogens is 1. The SMILES string of the molecule is NC1(C(=O)NCC2(c3ccc(F)cc3)CC2)CCOCC1. The van der Waals surface area contributed by atoms with Crippen LogP contribution in [0.4, 0.5) is 4.39 Å². The Kier molecular flexibility index (Phi) is 3.71. The van der Waals surface area contributed by atoms with Gasteiger partial charge in [-0.15, -0.1) is 0 Å². The molecule has 1 heterocycles. The molecular weight excluding hydrogens is 271 g/mol. The van der Waals surface area contributed by atoms with Crippen LogP contribution in [-0.4, -0.2) is 31.2 Å². The van der Waals surface area contributed by atoms with Gasteiger partial charge < -0.3 is 15.8 Å². The van der Waals surface area contributed by atoms with Gasteiger partial charge in [0, 0.05) is 25.2 Å². The molecule has 0 bridgehead atoms. The van der Waals surface area contributed by atoms with Crippen molar-refractivity contribution in [3.8, 4) is 0 Å². The fourth-order valence-electron chi connectivity index (χ4n) is 2.91. The van der Waals surface area contributed by atoms with Gasteiger partial charge in [0.1, 0.15) is 5.82 Å². The van der Waals surface area contributed by atoms with E-state index in [9.17, 15) is 9.18 Å². The van der Waals surface area contributed by atoms with E-state index in [0.717, 1.165) is 18.4 Å². The van der Waals surface area contributed by atoms with Crippen LogP contribution in [0.5, 0.6) is 0 Å². The Hall–Kier alpha value is -1.46. The molecule has 2 fully saturated rings. The van der Waals surface area contributed by atoms with E-state index >= 15 is 0 Å². The Morgan fingerprint density at radius 1 is 1.19 bits per heavy atom. The predicted molar refractivity (Wildman–Crippen MR) is 77.3 cm³/mol. The first kappa shape index (κ1) is 14.5. The first-order valence-electron chi connectivity index (χ1n) is 7.45. The van der Waals surface area contributed by atoms with Gasteiger partial charge in [-0.05, 0) is 43.4 Å². The lowest BCUT2D eigenvalue weighted by atomic mass is 9.89. The molecule has 1 saturated carbocycles. The third kappa shape index (κ3) is 2.94. The molecule has 4 nitrogen and oxygen atoms in total. The van der Waals surface area contributed by atoms with Crippen LogP contribution in [-0.2, 0) is 14.9 Å². The van der Waals surface area contributed by atoms with Crippen molar-refractivity contribution in [1.82, 2.24) is 5.32 Å². The third-order valence-corrected chi connectivity index (χ3v) is 4.73. The molecule has 2 aliphatic rings. The number of nitrogens with one attached hydrogen (secondary N) is 1.